The van der Waals surface area contributed by atoms with Crippen LogP contribution >= 0.6 is 0 Å². The molecule has 0 aromatic heterocycles. The summed E-state index contributed by atoms with van der Waals surface area (Å²) in [7, 11) is 0. The lowest BCUT2D eigenvalue weighted by Crippen LogP contribution is -2.20. The van der Waals surface area contributed by atoms with Gasteiger partial charge in [0.05, 0.1) is 0 Å². The molecule has 84 valence electrons. The zero-order valence-corrected chi connectivity index (χ0v) is 9.70. The zero-order chi connectivity index (χ0) is 11.6. The third-order valence-corrected chi connectivity index (χ3v) is 4.24. The molecule has 17 heavy (non-hydrogen) atoms. The van der Waals surface area contributed by atoms with Gasteiger partial charge in [0.25, 0.3) is 0 Å². The molecule has 1 heteroatoms. The highest BCUT2D eigenvalue weighted by Gasteiger charge is 2.46. The SMILES string of the molecule is C=C1C(=C)[C@@H]2O[C@H]1C1=C2Cc2ccccc2C1. The topological polar surface area (TPSA) is 9.23 Å². The lowest BCUT2D eigenvalue weighted by Gasteiger charge is -2.26. The first-order valence-electron chi connectivity index (χ1n) is 6.07. The van der Waals surface area contributed by atoms with Gasteiger partial charge < -0.3 is 4.74 Å². The van der Waals surface area contributed by atoms with Crippen LogP contribution in [0.3, 0.4) is 0 Å². The highest BCUT2D eigenvalue weighted by Crippen LogP contribution is 2.48. The molecule has 2 aliphatic heterocycles. The van der Waals surface area contributed by atoms with E-state index in [1.54, 1.807) is 0 Å². The third kappa shape index (κ3) is 1.07. The maximum Gasteiger partial charge on any atom is 0.105 e. The first-order chi connectivity index (χ1) is 8.25. The molecule has 0 amide bonds. The van der Waals surface area contributed by atoms with Crippen molar-refractivity contribution in [3.63, 3.8) is 0 Å². The predicted octanol–water partition coefficient (Wildman–Crippen LogP) is 2.98. The summed E-state index contributed by atoms with van der Waals surface area (Å²) in [5.41, 5.74) is 7.97. The van der Waals surface area contributed by atoms with E-state index < -0.39 is 0 Å². The molecular weight excluding hydrogens is 208 g/mol. The van der Waals surface area contributed by atoms with Crippen LogP contribution in [0.2, 0.25) is 0 Å². The van der Waals surface area contributed by atoms with Gasteiger partial charge in [-0.15, -0.1) is 0 Å². The van der Waals surface area contributed by atoms with Crippen LogP contribution in [-0.2, 0) is 17.6 Å². The van der Waals surface area contributed by atoms with Crippen molar-refractivity contribution in [2.75, 3.05) is 0 Å². The predicted molar refractivity (Wildman–Crippen MR) is 67.8 cm³/mol. The fourth-order valence-electron chi connectivity index (χ4n) is 3.28. The Bertz CT molecular complexity index is 540. The van der Waals surface area contributed by atoms with E-state index in [9.17, 15) is 0 Å². The maximum absolute atomic E-state index is 6.00. The second-order valence-electron chi connectivity index (χ2n) is 5.12. The molecule has 0 saturated carbocycles. The van der Waals surface area contributed by atoms with E-state index in [0.717, 1.165) is 24.0 Å². The van der Waals surface area contributed by atoms with Crippen LogP contribution in [0.1, 0.15) is 11.1 Å². The first-order valence-corrected chi connectivity index (χ1v) is 6.07. The molecule has 1 saturated heterocycles. The van der Waals surface area contributed by atoms with Gasteiger partial charge in [0.15, 0.2) is 0 Å². The molecule has 2 heterocycles. The third-order valence-electron chi connectivity index (χ3n) is 4.24. The highest BCUT2D eigenvalue weighted by molar-refractivity contribution is 5.59. The van der Waals surface area contributed by atoms with Crippen molar-refractivity contribution in [3.05, 3.63) is 70.8 Å². The van der Waals surface area contributed by atoms with E-state index in [4.69, 9.17) is 4.74 Å². The van der Waals surface area contributed by atoms with Gasteiger partial charge in [0.1, 0.15) is 12.2 Å². The number of hydrogen-bond acceptors (Lipinski definition) is 1. The summed E-state index contributed by atoms with van der Waals surface area (Å²) in [6, 6.07) is 8.68. The van der Waals surface area contributed by atoms with Crippen LogP contribution < -0.4 is 0 Å². The summed E-state index contributed by atoms with van der Waals surface area (Å²) in [6.07, 6.45) is 2.30. The second-order valence-corrected chi connectivity index (χ2v) is 5.12. The Kier molecular flexibility index (Phi) is 1.66. The smallest absolute Gasteiger partial charge is 0.105 e. The molecule has 0 unspecified atom stereocenters. The van der Waals surface area contributed by atoms with Crippen molar-refractivity contribution >= 4 is 0 Å². The van der Waals surface area contributed by atoms with Crippen molar-refractivity contribution in [2.45, 2.75) is 25.0 Å². The van der Waals surface area contributed by atoms with E-state index in [1.807, 2.05) is 0 Å². The minimum absolute atomic E-state index is 0.121. The van der Waals surface area contributed by atoms with E-state index >= 15 is 0 Å². The molecule has 0 radical (unpaired) electrons. The second kappa shape index (κ2) is 2.99. The van der Waals surface area contributed by atoms with Crippen LogP contribution in [-0.4, -0.2) is 12.2 Å². The van der Waals surface area contributed by atoms with E-state index in [2.05, 4.69) is 37.4 Å². The summed E-state index contributed by atoms with van der Waals surface area (Å²) in [5, 5.41) is 0. The number of hydrogen-bond donors (Lipinski definition) is 0. The number of rotatable bonds is 0. The minimum Gasteiger partial charge on any atom is -0.357 e. The number of fused-ring (bicyclic) bond motifs is 5. The fraction of sp³-hybridized carbons (Fsp3) is 0.250. The van der Waals surface area contributed by atoms with Crippen LogP contribution in [0.25, 0.3) is 0 Å². The standard InChI is InChI=1S/C16H14O/c1-9-10(2)16-14-8-12-6-4-3-5-11(12)7-13(14)15(9)17-16/h3-6,15-16H,1-2,7-8H2/t15-,16+. The van der Waals surface area contributed by atoms with Gasteiger partial charge in [0.2, 0.25) is 0 Å². The van der Waals surface area contributed by atoms with Gasteiger partial charge in [-0.1, -0.05) is 37.4 Å². The Morgan fingerprint density at radius 1 is 0.882 bits per heavy atom. The molecule has 4 rings (SSSR count). The number of benzene rings is 1. The van der Waals surface area contributed by atoms with Crippen LogP contribution in [0, 0.1) is 0 Å². The zero-order valence-electron chi connectivity index (χ0n) is 9.70. The summed E-state index contributed by atoms with van der Waals surface area (Å²) in [5.74, 6) is 0. The van der Waals surface area contributed by atoms with Gasteiger partial charge in [-0.3, -0.25) is 0 Å². The Morgan fingerprint density at radius 2 is 1.35 bits per heavy atom. The Morgan fingerprint density at radius 3 is 1.82 bits per heavy atom. The Hall–Kier alpha value is -1.60. The summed E-state index contributed by atoms with van der Waals surface area (Å²) >= 11 is 0. The van der Waals surface area contributed by atoms with Gasteiger partial charge in [-0.25, -0.2) is 0 Å². The normalized spacial score (nSPS) is 29.6. The first kappa shape index (κ1) is 9.43. The van der Waals surface area contributed by atoms with Crippen molar-refractivity contribution in [1.82, 2.24) is 0 Å². The fourth-order valence-corrected chi connectivity index (χ4v) is 3.28. The molecular formula is C16H14O. The van der Waals surface area contributed by atoms with Crippen molar-refractivity contribution in [2.24, 2.45) is 0 Å². The van der Waals surface area contributed by atoms with Crippen molar-refractivity contribution in [1.29, 1.82) is 0 Å². The minimum atomic E-state index is 0.121. The molecule has 1 nitrogen and oxygen atoms in total. The van der Waals surface area contributed by atoms with Gasteiger partial charge >= 0.3 is 0 Å². The monoisotopic (exact) mass is 222 g/mol. The highest BCUT2D eigenvalue weighted by atomic mass is 16.5. The van der Waals surface area contributed by atoms with Crippen LogP contribution in [0.5, 0.6) is 0 Å². The lowest BCUT2D eigenvalue weighted by molar-refractivity contribution is 0.129. The van der Waals surface area contributed by atoms with Crippen molar-refractivity contribution < 1.29 is 4.74 Å². The van der Waals surface area contributed by atoms with Crippen molar-refractivity contribution in [3.8, 4) is 0 Å². The van der Waals surface area contributed by atoms with Gasteiger partial charge in [0, 0.05) is 0 Å². The van der Waals surface area contributed by atoms with E-state index in [0.29, 0.717) is 0 Å². The van der Waals surface area contributed by atoms with E-state index in [-0.39, 0.29) is 12.2 Å². The van der Waals surface area contributed by atoms with Gasteiger partial charge in [-0.05, 0) is 46.3 Å². The lowest BCUT2D eigenvalue weighted by atomic mass is 9.76. The quantitative estimate of drug-likeness (QED) is 0.613. The average molecular weight is 222 g/mol. The van der Waals surface area contributed by atoms with E-state index in [1.165, 1.54) is 22.3 Å². The average Bonchev–Trinajstić information content (AvgIpc) is 2.85. The molecule has 1 fully saturated rings. The molecule has 0 N–H and O–H groups in total. The van der Waals surface area contributed by atoms with Crippen LogP contribution in [0.4, 0.5) is 0 Å². The summed E-state index contributed by atoms with van der Waals surface area (Å²) in [6.45, 7) is 8.21. The maximum atomic E-state index is 6.00. The van der Waals surface area contributed by atoms with Gasteiger partial charge in [-0.2, -0.15) is 0 Å². The molecule has 0 spiro atoms. The Labute approximate surface area is 101 Å². The Balaban J connectivity index is 1.84. The molecule has 2 bridgehead atoms. The molecule has 2 atom stereocenters. The molecule has 1 aliphatic carbocycles. The number of ether oxygens (including phenoxy) is 1. The summed E-state index contributed by atoms with van der Waals surface area (Å²) < 4.78 is 6.00. The van der Waals surface area contributed by atoms with Crippen LogP contribution in [0.15, 0.2) is 59.7 Å². The molecule has 1 aromatic rings. The summed E-state index contributed by atoms with van der Waals surface area (Å²) in [4.78, 5) is 0. The largest absolute Gasteiger partial charge is 0.357 e. The molecule has 3 aliphatic rings. The molecule has 1 aromatic carbocycles.